The van der Waals surface area contributed by atoms with Crippen LogP contribution in [0.2, 0.25) is 0 Å². The summed E-state index contributed by atoms with van der Waals surface area (Å²) in [5.74, 6) is 0.562. The molecule has 0 saturated carbocycles. The normalized spacial score (nSPS) is 13.9. The molecule has 0 heterocycles. The Morgan fingerprint density at radius 2 is 2.00 bits per heavy atom. The summed E-state index contributed by atoms with van der Waals surface area (Å²) in [5, 5.41) is 3.23. The Morgan fingerprint density at radius 3 is 2.50 bits per heavy atom. The molecule has 4 heteroatoms. The number of hydrogen-bond acceptors (Lipinski definition) is 4. The van der Waals surface area contributed by atoms with Crippen LogP contribution in [0.4, 0.5) is 5.69 Å². The van der Waals surface area contributed by atoms with Crippen LogP contribution in [0.1, 0.15) is 20.8 Å². The minimum Gasteiger partial charge on any atom is -0.497 e. The molecule has 1 unspecified atom stereocenters. The lowest BCUT2D eigenvalue weighted by Crippen LogP contribution is -2.48. The molecule has 0 aliphatic rings. The molecule has 1 aromatic carbocycles. The topological polar surface area (TPSA) is 47.6 Å². The highest BCUT2D eigenvalue weighted by atomic mass is 16.5. The zero-order valence-corrected chi connectivity index (χ0v) is 11.6. The fraction of sp³-hybridized carbons (Fsp3) is 0.500. The van der Waals surface area contributed by atoms with Crippen molar-refractivity contribution in [2.45, 2.75) is 26.3 Å². The van der Waals surface area contributed by atoms with Crippen molar-refractivity contribution in [1.82, 2.24) is 0 Å². The highest BCUT2D eigenvalue weighted by Gasteiger charge is 2.37. The van der Waals surface area contributed by atoms with Gasteiger partial charge in [0.15, 0.2) is 0 Å². The van der Waals surface area contributed by atoms with Gasteiger partial charge < -0.3 is 14.8 Å². The maximum Gasteiger partial charge on any atom is 0.331 e. The second-order valence-corrected chi connectivity index (χ2v) is 4.71. The standard InChI is InChI=1S/C14H21NO3/c1-10(2)14(3,13(16)18-5)15-11-7-6-8-12(9-11)17-4/h6-10,15H,1-5H3. The van der Waals surface area contributed by atoms with Gasteiger partial charge in [0, 0.05) is 11.8 Å². The van der Waals surface area contributed by atoms with Crippen molar-refractivity contribution in [1.29, 1.82) is 0 Å². The highest BCUT2D eigenvalue weighted by Crippen LogP contribution is 2.26. The average Bonchev–Trinajstić information content (AvgIpc) is 2.37. The van der Waals surface area contributed by atoms with E-state index in [0.29, 0.717) is 0 Å². The van der Waals surface area contributed by atoms with Gasteiger partial charge in [0.1, 0.15) is 11.3 Å². The van der Waals surface area contributed by atoms with Crippen LogP contribution < -0.4 is 10.1 Å². The van der Waals surface area contributed by atoms with Crippen LogP contribution in [0.25, 0.3) is 0 Å². The summed E-state index contributed by atoms with van der Waals surface area (Å²) in [4.78, 5) is 11.9. The van der Waals surface area contributed by atoms with Crippen LogP contribution in [0, 0.1) is 5.92 Å². The Morgan fingerprint density at radius 1 is 1.33 bits per heavy atom. The largest absolute Gasteiger partial charge is 0.497 e. The molecule has 0 aliphatic carbocycles. The maximum absolute atomic E-state index is 11.9. The van der Waals surface area contributed by atoms with Crippen LogP contribution in [-0.2, 0) is 9.53 Å². The number of nitrogens with one attached hydrogen (secondary N) is 1. The van der Waals surface area contributed by atoms with Crippen LogP contribution >= 0.6 is 0 Å². The van der Waals surface area contributed by atoms with Crippen molar-refractivity contribution >= 4 is 11.7 Å². The van der Waals surface area contributed by atoms with Gasteiger partial charge in [0.05, 0.1) is 14.2 Å². The van der Waals surface area contributed by atoms with Crippen molar-refractivity contribution in [2.75, 3.05) is 19.5 Å². The van der Waals surface area contributed by atoms with Gasteiger partial charge in [-0.05, 0) is 25.0 Å². The fourth-order valence-electron chi connectivity index (χ4n) is 1.64. The smallest absolute Gasteiger partial charge is 0.331 e. The van der Waals surface area contributed by atoms with Crippen molar-refractivity contribution in [2.24, 2.45) is 5.92 Å². The Labute approximate surface area is 108 Å². The van der Waals surface area contributed by atoms with Gasteiger partial charge in [-0.3, -0.25) is 0 Å². The monoisotopic (exact) mass is 251 g/mol. The average molecular weight is 251 g/mol. The summed E-state index contributed by atoms with van der Waals surface area (Å²) >= 11 is 0. The molecule has 0 bridgehead atoms. The summed E-state index contributed by atoms with van der Waals surface area (Å²) in [5.41, 5.74) is 0.0668. The van der Waals surface area contributed by atoms with E-state index in [1.165, 1.54) is 7.11 Å². The predicted octanol–water partition coefficient (Wildman–Crippen LogP) is 2.69. The second-order valence-electron chi connectivity index (χ2n) is 4.71. The van der Waals surface area contributed by atoms with Crippen LogP contribution in [0.15, 0.2) is 24.3 Å². The molecule has 0 aromatic heterocycles. The van der Waals surface area contributed by atoms with E-state index in [-0.39, 0.29) is 11.9 Å². The van der Waals surface area contributed by atoms with Gasteiger partial charge in [-0.1, -0.05) is 19.9 Å². The maximum atomic E-state index is 11.9. The summed E-state index contributed by atoms with van der Waals surface area (Å²) in [6.07, 6.45) is 0. The van der Waals surface area contributed by atoms with Gasteiger partial charge in [0.2, 0.25) is 0 Å². The lowest BCUT2D eigenvalue weighted by molar-refractivity contribution is -0.146. The fourth-order valence-corrected chi connectivity index (χ4v) is 1.64. The Bertz CT molecular complexity index is 417. The molecule has 4 nitrogen and oxygen atoms in total. The molecule has 0 saturated heterocycles. The molecule has 1 atom stereocenters. The van der Waals surface area contributed by atoms with Gasteiger partial charge in [-0.25, -0.2) is 4.79 Å². The van der Waals surface area contributed by atoms with Crippen LogP contribution in [0.5, 0.6) is 5.75 Å². The van der Waals surface area contributed by atoms with Crippen molar-refractivity contribution in [3.63, 3.8) is 0 Å². The van der Waals surface area contributed by atoms with E-state index < -0.39 is 5.54 Å². The number of methoxy groups -OCH3 is 2. The number of carbonyl (C=O) groups is 1. The molecule has 0 amide bonds. The number of hydrogen-bond donors (Lipinski definition) is 1. The van der Waals surface area contributed by atoms with E-state index in [1.807, 2.05) is 45.0 Å². The highest BCUT2D eigenvalue weighted by molar-refractivity contribution is 5.84. The molecule has 0 aliphatic heterocycles. The third kappa shape index (κ3) is 2.94. The van der Waals surface area contributed by atoms with Gasteiger partial charge in [-0.15, -0.1) is 0 Å². The Balaban J connectivity index is 3.00. The van der Waals surface area contributed by atoms with Crippen LogP contribution in [-0.4, -0.2) is 25.7 Å². The molecule has 1 N–H and O–H groups in total. The summed E-state index contributed by atoms with van der Waals surface area (Å²) in [7, 11) is 3.01. The molecule has 0 fully saturated rings. The first-order valence-electron chi connectivity index (χ1n) is 5.94. The zero-order chi connectivity index (χ0) is 13.8. The van der Waals surface area contributed by atoms with Gasteiger partial charge >= 0.3 is 5.97 Å². The molecule has 18 heavy (non-hydrogen) atoms. The minimum atomic E-state index is -0.763. The molecule has 100 valence electrons. The third-order valence-electron chi connectivity index (χ3n) is 3.24. The van der Waals surface area contributed by atoms with E-state index in [1.54, 1.807) is 7.11 Å². The van der Waals surface area contributed by atoms with E-state index in [4.69, 9.17) is 9.47 Å². The van der Waals surface area contributed by atoms with E-state index in [2.05, 4.69) is 5.32 Å². The van der Waals surface area contributed by atoms with Crippen LogP contribution in [0.3, 0.4) is 0 Å². The van der Waals surface area contributed by atoms with E-state index in [0.717, 1.165) is 11.4 Å². The van der Waals surface area contributed by atoms with E-state index >= 15 is 0 Å². The number of benzene rings is 1. The van der Waals surface area contributed by atoms with Crippen molar-refractivity contribution in [3.05, 3.63) is 24.3 Å². The lowest BCUT2D eigenvalue weighted by atomic mass is 9.88. The number of anilines is 1. The molecular weight excluding hydrogens is 230 g/mol. The van der Waals surface area contributed by atoms with E-state index in [9.17, 15) is 4.79 Å². The second kappa shape index (κ2) is 5.76. The van der Waals surface area contributed by atoms with Gasteiger partial charge in [-0.2, -0.15) is 0 Å². The first-order chi connectivity index (χ1) is 8.43. The lowest BCUT2D eigenvalue weighted by Gasteiger charge is -2.32. The van der Waals surface area contributed by atoms with Crippen molar-refractivity contribution in [3.8, 4) is 5.75 Å². The van der Waals surface area contributed by atoms with Gasteiger partial charge in [0.25, 0.3) is 0 Å². The molecule has 0 radical (unpaired) electrons. The number of ether oxygens (including phenoxy) is 2. The Hall–Kier alpha value is -1.71. The molecular formula is C14H21NO3. The third-order valence-corrected chi connectivity index (χ3v) is 3.24. The van der Waals surface area contributed by atoms with Crippen molar-refractivity contribution < 1.29 is 14.3 Å². The summed E-state index contributed by atoms with van der Waals surface area (Å²) in [6.45, 7) is 5.79. The minimum absolute atomic E-state index is 0.0937. The number of rotatable bonds is 5. The Kier molecular flexibility index (Phi) is 4.59. The number of carbonyl (C=O) groups excluding carboxylic acids is 1. The molecule has 1 rings (SSSR count). The number of esters is 1. The quantitative estimate of drug-likeness (QED) is 0.817. The first-order valence-corrected chi connectivity index (χ1v) is 5.94. The predicted molar refractivity (Wildman–Crippen MR) is 71.9 cm³/mol. The summed E-state index contributed by atoms with van der Waals surface area (Å²) in [6, 6.07) is 7.48. The zero-order valence-electron chi connectivity index (χ0n) is 11.6. The molecule has 0 spiro atoms. The molecule has 1 aromatic rings. The SMILES string of the molecule is COC(=O)C(C)(Nc1cccc(OC)c1)C(C)C. The first kappa shape index (κ1) is 14.4. The summed E-state index contributed by atoms with van der Waals surface area (Å²) < 4.78 is 10.0.